The van der Waals surface area contributed by atoms with Gasteiger partial charge in [0.25, 0.3) is 0 Å². The Balaban J connectivity index is 2.27. The van der Waals surface area contributed by atoms with Crippen LogP contribution in [0.25, 0.3) is 10.9 Å². The highest BCUT2D eigenvalue weighted by Gasteiger charge is 2.02. The van der Waals surface area contributed by atoms with Crippen LogP contribution in [0, 0.1) is 0 Å². The molecule has 1 atom stereocenters. The van der Waals surface area contributed by atoms with Gasteiger partial charge in [0.05, 0.1) is 0 Å². The summed E-state index contributed by atoms with van der Waals surface area (Å²) in [5.41, 5.74) is 8.37. The van der Waals surface area contributed by atoms with E-state index in [9.17, 15) is 0 Å². The lowest BCUT2D eigenvalue weighted by Crippen LogP contribution is -2.15. The van der Waals surface area contributed by atoms with Gasteiger partial charge in [-0.2, -0.15) is 0 Å². The minimum Gasteiger partial charge on any atom is -0.361 e. The minimum absolute atomic E-state index is 0.278. The van der Waals surface area contributed by atoms with Crippen LogP contribution < -0.4 is 5.73 Å². The molecule has 0 fully saturated rings. The first kappa shape index (κ1) is 9.28. The van der Waals surface area contributed by atoms with E-state index in [0.29, 0.717) is 0 Å². The quantitative estimate of drug-likeness (QED) is 0.763. The molecule has 74 valence electrons. The smallest absolute Gasteiger partial charge is 0.0486 e. The first-order valence-corrected chi connectivity index (χ1v) is 5.08. The molecule has 0 aliphatic heterocycles. The van der Waals surface area contributed by atoms with E-state index in [1.807, 2.05) is 6.20 Å². The summed E-state index contributed by atoms with van der Waals surface area (Å²) >= 11 is 0. The SMILES string of the molecule is CC(N)CCc1cccc2cc[nH]c12. The Morgan fingerprint density at radius 3 is 3.00 bits per heavy atom. The molecule has 0 bridgehead atoms. The Hall–Kier alpha value is -1.28. The van der Waals surface area contributed by atoms with Gasteiger partial charge in [0, 0.05) is 17.8 Å². The zero-order valence-electron chi connectivity index (χ0n) is 8.46. The number of H-pyrrole nitrogens is 1. The number of para-hydroxylation sites is 1. The molecule has 0 saturated heterocycles. The van der Waals surface area contributed by atoms with Crippen molar-refractivity contribution in [2.45, 2.75) is 25.8 Å². The molecule has 0 aliphatic rings. The van der Waals surface area contributed by atoms with Gasteiger partial charge in [-0.05, 0) is 36.8 Å². The summed E-state index contributed by atoms with van der Waals surface area (Å²) in [6.45, 7) is 2.05. The van der Waals surface area contributed by atoms with Crippen LogP contribution in [0.3, 0.4) is 0 Å². The Bertz CT molecular complexity index is 415. The molecular formula is C12H16N2. The van der Waals surface area contributed by atoms with Crippen LogP contribution in [0.1, 0.15) is 18.9 Å². The average molecular weight is 188 g/mol. The van der Waals surface area contributed by atoms with Crippen molar-refractivity contribution in [3.8, 4) is 0 Å². The molecule has 2 rings (SSSR count). The molecule has 3 N–H and O–H groups in total. The van der Waals surface area contributed by atoms with Crippen molar-refractivity contribution in [1.82, 2.24) is 4.98 Å². The normalized spacial score (nSPS) is 13.3. The van der Waals surface area contributed by atoms with E-state index in [2.05, 4.69) is 36.2 Å². The molecule has 2 aromatic rings. The molecule has 1 heterocycles. The van der Waals surface area contributed by atoms with Crippen LogP contribution in [0.15, 0.2) is 30.5 Å². The lowest BCUT2D eigenvalue weighted by molar-refractivity contribution is 0.667. The van der Waals surface area contributed by atoms with Crippen molar-refractivity contribution >= 4 is 10.9 Å². The van der Waals surface area contributed by atoms with Crippen LogP contribution in [0.5, 0.6) is 0 Å². The van der Waals surface area contributed by atoms with Crippen LogP contribution >= 0.6 is 0 Å². The summed E-state index contributed by atoms with van der Waals surface area (Å²) in [6, 6.07) is 8.78. The van der Waals surface area contributed by atoms with Gasteiger partial charge in [-0.25, -0.2) is 0 Å². The largest absolute Gasteiger partial charge is 0.361 e. The van der Waals surface area contributed by atoms with Gasteiger partial charge < -0.3 is 10.7 Å². The van der Waals surface area contributed by atoms with Crippen LogP contribution in [0.4, 0.5) is 0 Å². The van der Waals surface area contributed by atoms with Gasteiger partial charge in [0.2, 0.25) is 0 Å². The maximum atomic E-state index is 5.75. The highest BCUT2D eigenvalue weighted by molar-refractivity contribution is 5.82. The Morgan fingerprint density at radius 1 is 1.36 bits per heavy atom. The highest BCUT2D eigenvalue weighted by atomic mass is 14.7. The summed E-state index contributed by atoms with van der Waals surface area (Å²) in [5.74, 6) is 0. The van der Waals surface area contributed by atoms with Crippen LogP contribution in [0.2, 0.25) is 0 Å². The zero-order valence-corrected chi connectivity index (χ0v) is 8.46. The lowest BCUT2D eigenvalue weighted by Gasteiger charge is -2.05. The fourth-order valence-corrected chi connectivity index (χ4v) is 1.74. The Labute approximate surface area is 84.1 Å². The van der Waals surface area contributed by atoms with E-state index in [0.717, 1.165) is 12.8 Å². The van der Waals surface area contributed by atoms with E-state index < -0.39 is 0 Å². The van der Waals surface area contributed by atoms with Gasteiger partial charge in [0.15, 0.2) is 0 Å². The lowest BCUT2D eigenvalue weighted by atomic mass is 10.0. The Morgan fingerprint density at radius 2 is 2.21 bits per heavy atom. The molecule has 2 nitrogen and oxygen atoms in total. The maximum absolute atomic E-state index is 5.75. The topological polar surface area (TPSA) is 41.8 Å². The van der Waals surface area contributed by atoms with Crippen molar-refractivity contribution in [2.75, 3.05) is 0 Å². The maximum Gasteiger partial charge on any atom is 0.0486 e. The second kappa shape index (κ2) is 3.84. The number of fused-ring (bicyclic) bond motifs is 1. The molecule has 0 spiro atoms. The summed E-state index contributed by atoms with van der Waals surface area (Å²) in [6.07, 6.45) is 4.08. The highest BCUT2D eigenvalue weighted by Crippen LogP contribution is 2.18. The number of hydrogen-bond acceptors (Lipinski definition) is 1. The van der Waals surface area contributed by atoms with Gasteiger partial charge in [-0.1, -0.05) is 18.2 Å². The number of aromatic amines is 1. The second-order valence-corrected chi connectivity index (χ2v) is 3.87. The summed E-state index contributed by atoms with van der Waals surface area (Å²) in [5, 5.41) is 1.28. The van der Waals surface area contributed by atoms with E-state index >= 15 is 0 Å². The molecule has 14 heavy (non-hydrogen) atoms. The third-order valence-corrected chi connectivity index (χ3v) is 2.54. The van der Waals surface area contributed by atoms with Crippen molar-refractivity contribution in [1.29, 1.82) is 0 Å². The van der Waals surface area contributed by atoms with Crippen molar-refractivity contribution in [3.05, 3.63) is 36.0 Å². The number of benzene rings is 1. The van der Waals surface area contributed by atoms with Gasteiger partial charge >= 0.3 is 0 Å². The number of hydrogen-bond donors (Lipinski definition) is 2. The average Bonchev–Trinajstić information content (AvgIpc) is 2.62. The predicted octanol–water partition coefficient (Wildman–Crippen LogP) is 2.45. The zero-order chi connectivity index (χ0) is 9.97. The molecular weight excluding hydrogens is 172 g/mol. The first-order chi connectivity index (χ1) is 6.77. The molecule has 0 aliphatic carbocycles. The van der Waals surface area contributed by atoms with Gasteiger partial charge in [-0.3, -0.25) is 0 Å². The van der Waals surface area contributed by atoms with E-state index in [1.165, 1.54) is 16.5 Å². The van der Waals surface area contributed by atoms with Crippen molar-refractivity contribution in [3.63, 3.8) is 0 Å². The molecule has 1 unspecified atom stereocenters. The second-order valence-electron chi connectivity index (χ2n) is 3.87. The van der Waals surface area contributed by atoms with Gasteiger partial charge in [-0.15, -0.1) is 0 Å². The fourth-order valence-electron chi connectivity index (χ4n) is 1.74. The molecule has 2 heteroatoms. The van der Waals surface area contributed by atoms with Crippen LogP contribution in [-0.2, 0) is 6.42 Å². The predicted molar refractivity (Wildman–Crippen MR) is 60.3 cm³/mol. The van der Waals surface area contributed by atoms with Gasteiger partial charge in [0.1, 0.15) is 0 Å². The van der Waals surface area contributed by atoms with Crippen molar-refractivity contribution < 1.29 is 0 Å². The monoisotopic (exact) mass is 188 g/mol. The number of rotatable bonds is 3. The summed E-state index contributed by atoms with van der Waals surface area (Å²) in [7, 11) is 0. The van der Waals surface area contributed by atoms with E-state index in [-0.39, 0.29) is 6.04 Å². The first-order valence-electron chi connectivity index (χ1n) is 5.08. The fraction of sp³-hybridized carbons (Fsp3) is 0.333. The number of nitrogens with one attached hydrogen (secondary N) is 1. The molecule has 0 radical (unpaired) electrons. The minimum atomic E-state index is 0.278. The summed E-state index contributed by atoms with van der Waals surface area (Å²) in [4.78, 5) is 3.27. The van der Waals surface area contributed by atoms with E-state index in [4.69, 9.17) is 5.73 Å². The molecule has 1 aromatic heterocycles. The number of aryl methyl sites for hydroxylation is 1. The Kier molecular flexibility index (Phi) is 2.55. The standard InChI is InChI=1S/C12H16N2/c1-9(13)5-6-10-3-2-4-11-7-8-14-12(10)11/h2-4,7-9,14H,5-6,13H2,1H3. The van der Waals surface area contributed by atoms with Crippen LogP contribution in [-0.4, -0.2) is 11.0 Å². The van der Waals surface area contributed by atoms with Crippen molar-refractivity contribution in [2.24, 2.45) is 5.73 Å². The summed E-state index contributed by atoms with van der Waals surface area (Å²) < 4.78 is 0. The molecule has 0 amide bonds. The third-order valence-electron chi connectivity index (χ3n) is 2.54. The molecule has 0 saturated carbocycles. The third kappa shape index (κ3) is 1.80. The number of aromatic nitrogens is 1. The molecule has 1 aromatic carbocycles. The number of nitrogens with two attached hydrogens (primary N) is 1. The van der Waals surface area contributed by atoms with E-state index in [1.54, 1.807) is 0 Å².